The molecule has 1 aromatic rings. The number of fused-ring (bicyclic) bond motifs is 1. The number of aromatic nitrogens is 1. The fourth-order valence-corrected chi connectivity index (χ4v) is 4.92. The number of rotatable bonds is 3. The second-order valence-electron chi connectivity index (χ2n) is 5.79. The molecule has 6 nitrogen and oxygen atoms in total. The molecule has 1 N–H and O–H groups in total. The second-order valence-corrected chi connectivity index (χ2v) is 8.02. The number of aromatic carboxylic acids is 1. The van der Waals surface area contributed by atoms with Gasteiger partial charge in [0.1, 0.15) is 11.4 Å². The van der Waals surface area contributed by atoms with Gasteiger partial charge in [0.25, 0.3) is 0 Å². The number of nitrogens with zero attached hydrogens (tertiary/aromatic N) is 2. The summed E-state index contributed by atoms with van der Waals surface area (Å²) in [4.78, 5) is 17.7. The predicted octanol–water partition coefficient (Wildman–Crippen LogP) is 0.892. The van der Waals surface area contributed by atoms with Crippen molar-refractivity contribution in [3.05, 3.63) is 22.9 Å². The van der Waals surface area contributed by atoms with Crippen molar-refractivity contribution in [2.45, 2.75) is 31.7 Å². The van der Waals surface area contributed by atoms with E-state index in [1.165, 1.54) is 0 Å². The van der Waals surface area contributed by atoms with E-state index in [4.69, 9.17) is 0 Å². The number of carbonyl (C=O) groups is 1. The molecule has 0 spiro atoms. The molecule has 1 aromatic heterocycles. The van der Waals surface area contributed by atoms with Crippen molar-refractivity contribution in [2.75, 3.05) is 23.5 Å². The summed E-state index contributed by atoms with van der Waals surface area (Å²) in [6.45, 7) is 0. The van der Waals surface area contributed by atoms with Crippen LogP contribution in [0.1, 0.15) is 34.5 Å². The Balaban J connectivity index is 1.99. The molecular formula is C14H18N2O4S. The molecule has 2 heterocycles. The third-order valence-corrected chi connectivity index (χ3v) is 6.10. The van der Waals surface area contributed by atoms with Crippen molar-refractivity contribution in [3.63, 3.8) is 0 Å². The third-order valence-electron chi connectivity index (χ3n) is 4.35. The molecule has 7 heteroatoms. The van der Waals surface area contributed by atoms with Gasteiger partial charge in [0, 0.05) is 18.8 Å². The van der Waals surface area contributed by atoms with E-state index < -0.39 is 15.8 Å². The summed E-state index contributed by atoms with van der Waals surface area (Å²) in [5, 5.41) is 9.41. The number of sulfone groups is 1. The van der Waals surface area contributed by atoms with Gasteiger partial charge in [-0.3, -0.25) is 0 Å². The monoisotopic (exact) mass is 310 g/mol. The molecule has 1 saturated heterocycles. The molecule has 1 atom stereocenters. The topological polar surface area (TPSA) is 87.6 Å². The molecule has 0 saturated carbocycles. The molecule has 2 aliphatic rings. The molecule has 0 bridgehead atoms. The van der Waals surface area contributed by atoms with Crippen molar-refractivity contribution in [3.8, 4) is 0 Å². The van der Waals surface area contributed by atoms with Gasteiger partial charge < -0.3 is 10.0 Å². The summed E-state index contributed by atoms with van der Waals surface area (Å²) in [5.41, 5.74) is 2.12. The zero-order valence-corrected chi connectivity index (χ0v) is 12.7. The van der Waals surface area contributed by atoms with Crippen LogP contribution in [-0.4, -0.2) is 49.1 Å². The van der Waals surface area contributed by atoms with Crippen LogP contribution in [0.15, 0.2) is 6.07 Å². The molecule has 1 fully saturated rings. The zero-order chi connectivity index (χ0) is 15.2. The van der Waals surface area contributed by atoms with Gasteiger partial charge in [-0.1, -0.05) is 0 Å². The van der Waals surface area contributed by atoms with E-state index in [-0.39, 0.29) is 23.1 Å². The number of hydrogen-bond acceptors (Lipinski definition) is 5. The highest BCUT2D eigenvalue weighted by Gasteiger charge is 2.33. The highest BCUT2D eigenvalue weighted by molar-refractivity contribution is 7.91. The Bertz CT molecular complexity index is 699. The lowest BCUT2D eigenvalue weighted by atomic mass is 10.1. The quantitative estimate of drug-likeness (QED) is 0.892. The molecule has 0 amide bonds. The Morgan fingerprint density at radius 3 is 2.81 bits per heavy atom. The minimum Gasteiger partial charge on any atom is -0.478 e. The minimum absolute atomic E-state index is 0.0708. The van der Waals surface area contributed by atoms with Crippen LogP contribution < -0.4 is 4.90 Å². The van der Waals surface area contributed by atoms with E-state index >= 15 is 0 Å². The Morgan fingerprint density at radius 2 is 2.19 bits per heavy atom. The van der Waals surface area contributed by atoms with Crippen molar-refractivity contribution in [2.24, 2.45) is 0 Å². The fraction of sp³-hybridized carbons (Fsp3) is 0.571. The smallest absolute Gasteiger partial charge is 0.339 e. The van der Waals surface area contributed by atoms with Gasteiger partial charge in [-0.25, -0.2) is 18.2 Å². The lowest BCUT2D eigenvalue weighted by Crippen LogP contribution is -2.34. The van der Waals surface area contributed by atoms with E-state index in [0.29, 0.717) is 12.2 Å². The maximum absolute atomic E-state index is 11.6. The van der Waals surface area contributed by atoms with Gasteiger partial charge in [-0.15, -0.1) is 0 Å². The van der Waals surface area contributed by atoms with Crippen LogP contribution in [0, 0.1) is 0 Å². The van der Waals surface area contributed by atoms with E-state index in [2.05, 4.69) is 4.98 Å². The molecular weight excluding hydrogens is 292 g/mol. The van der Waals surface area contributed by atoms with E-state index in [9.17, 15) is 18.3 Å². The Labute approximate surface area is 123 Å². The first-order chi connectivity index (χ1) is 9.87. The van der Waals surface area contributed by atoms with E-state index in [1.807, 2.05) is 0 Å². The van der Waals surface area contributed by atoms with Crippen molar-refractivity contribution in [1.29, 1.82) is 0 Å². The molecule has 21 heavy (non-hydrogen) atoms. The van der Waals surface area contributed by atoms with Crippen LogP contribution in [0.2, 0.25) is 0 Å². The lowest BCUT2D eigenvalue weighted by molar-refractivity contribution is 0.0697. The summed E-state index contributed by atoms with van der Waals surface area (Å²) in [6.07, 6.45) is 3.24. The number of aryl methyl sites for hydroxylation is 2. The average Bonchev–Trinajstić information content (AvgIpc) is 3.01. The normalized spacial score (nSPS) is 23.0. The third kappa shape index (κ3) is 2.62. The molecule has 1 aliphatic heterocycles. The Kier molecular flexibility index (Phi) is 3.39. The van der Waals surface area contributed by atoms with Crippen LogP contribution in [0.5, 0.6) is 0 Å². The summed E-state index contributed by atoms with van der Waals surface area (Å²) in [7, 11) is -1.27. The molecule has 0 aromatic carbocycles. The van der Waals surface area contributed by atoms with E-state index in [1.54, 1.807) is 18.0 Å². The number of carboxylic acid groups (broad SMARTS) is 1. The highest BCUT2D eigenvalue weighted by atomic mass is 32.2. The average molecular weight is 310 g/mol. The zero-order valence-electron chi connectivity index (χ0n) is 11.9. The molecule has 0 radical (unpaired) electrons. The van der Waals surface area contributed by atoms with Gasteiger partial charge in [0.2, 0.25) is 0 Å². The van der Waals surface area contributed by atoms with Gasteiger partial charge in [-0.05, 0) is 37.3 Å². The summed E-state index contributed by atoms with van der Waals surface area (Å²) >= 11 is 0. The Hall–Kier alpha value is -1.63. The van der Waals surface area contributed by atoms with Gasteiger partial charge in [0.15, 0.2) is 9.84 Å². The van der Waals surface area contributed by atoms with Gasteiger partial charge >= 0.3 is 5.97 Å². The molecule has 1 unspecified atom stereocenters. The number of hydrogen-bond donors (Lipinski definition) is 1. The summed E-state index contributed by atoms with van der Waals surface area (Å²) < 4.78 is 23.2. The van der Waals surface area contributed by atoms with Crippen molar-refractivity contribution in [1.82, 2.24) is 4.98 Å². The summed E-state index contributed by atoms with van der Waals surface area (Å²) in [6, 6.07) is 1.51. The van der Waals surface area contributed by atoms with Crippen LogP contribution >= 0.6 is 0 Å². The molecule has 3 rings (SSSR count). The summed E-state index contributed by atoms with van der Waals surface area (Å²) in [5.74, 6) is -0.387. The SMILES string of the molecule is CN(c1nc2c(cc1C(=O)O)CCC2)C1CCS(=O)(=O)C1. The maximum Gasteiger partial charge on any atom is 0.339 e. The standard InChI is InChI=1S/C14H18N2O4S/c1-16(10-5-6-21(19,20)8-10)13-11(14(17)18)7-9-3-2-4-12(9)15-13/h7,10H,2-6,8H2,1H3,(H,17,18). The minimum atomic E-state index is -3.01. The van der Waals surface area contributed by atoms with Crippen molar-refractivity contribution < 1.29 is 18.3 Å². The van der Waals surface area contributed by atoms with E-state index in [0.717, 1.165) is 30.5 Å². The molecule has 114 valence electrons. The van der Waals surface area contributed by atoms with Crippen LogP contribution in [0.25, 0.3) is 0 Å². The first kappa shape index (κ1) is 14.3. The van der Waals surface area contributed by atoms with Crippen molar-refractivity contribution >= 4 is 21.6 Å². The highest BCUT2D eigenvalue weighted by Crippen LogP contribution is 2.29. The van der Waals surface area contributed by atoms with Crippen LogP contribution in [-0.2, 0) is 22.7 Å². The largest absolute Gasteiger partial charge is 0.478 e. The van der Waals surface area contributed by atoms with Gasteiger partial charge in [-0.2, -0.15) is 0 Å². The first-order valence-corrected chi connectivity index (χ1v) is 8.89. The molecule has 1 aliphatic carbocycles. The number of carboxylic acids is 1. The lowest BCUT2D eigenvalue weighted by Gasteiger charge is -2.26. The first-order valence-electron chi connectivity index (χ1n) is 7.07. The van der Waals surface area contributed by atoms with Crippen LogP contribution in [0.4, 0.5) is 5.82 Å². The predicted molar refractivity (Wildman–Crippen MR) is 78.7 cm³/mol. The number of anilines is 1. The fourth-order valence-electron chi connectivity index (χ4n) is 3.14. The maximum atomic E-state index is 11.6. The second kappa shape index (κ2) is 4.98. The number of pyridine rings is 1. The van der Waals surface area contributed by atoms with Gasteiger partial charge in [0.05, 0.1) is 11.5 Å². The van der Waals surface area contributed by atoms with Crippen LogP contribution in [0.3, 0.4) is 0 Å². The Morgan fingerprint density at radius 1 is 1.43 bits per heavy atom.